The van der Waals surface area contributed by atoms with E-state index in [4.69, 9.17) is 4.74 Å². The number of halogens is 1. The molecule has 0 radical (unpaired) electrons. The van der Waals surface area contributed by atoms with Crippen LogP contribution in [0.4, 0.5) is 10.1 Å². The van der Waals surface area contributed by atoms with E-state index < -0.39 is 21.7 Å². The fraction of sp³-hybridized carbons (Fsp3) is 0.312. The van der Waals surface area contributed by atoms with Gasteiger partial charge in [-0.15, -0.1) is 11.3 Å². The summed E-state index contributed by atoms with van der Waals surface area (Å²) < 4.78 is 44.5. The van der Waals surface area contributed by atoms with Crippen molar-refractivity contribution in [2.75, 3.05) is 32.1 Å². The maximum absolute atomic E-state index is 12.9. The molecule has 0 fully saturated rings. The van der Waals surface area contributed by atoms with Gasteiger partial charge in [0.15, 0.2) is 0 Å². The summed E-state index contributed by atoms with van der Waals surface area (Å²) in [6.45, 7) is 0.211. The van der Waals surface area contributed by atoms with Gasteiger partial charge in [0.25, 0.3) is 10.0 Å². The second-order valence-electron chi connectivity index (χ2n) is 5.17. The van der Waals surface area contributed by atoms with Crippen molar-refractivity contribution in [3.8, 4) is 0 Å². The average molecular weight is 386 g/mol. The minimum absolute atomic E-state index is 0.158. The van der Waals surface area contributed by atoms with Crippen LogP contribution in [0.25, 0.3) is 0 Å². The number of benzene rings is 1. The summed E-state index contributed by atoms with van der Waals surface area (Å²) in [6.07, 6.45) is 0.463. The number of rotatable bonds is 9. The monoisotopic (exact) mass is 386 g/mol. The van der Waals surface area contributed by atoms with Crippen LogP contribution in [-0.4, -0.2) is 45.4 Å². The standard InChI is InChI=1S/C16H19FN2O4S2/c1-23-10-3-9-19(25(21,22)16-4-2-11-24-16)12-15(20)18-14-7-5-13(17)6-8-14/h2,4-8,11H,3,9-10,12H2,1H3,(H,18,20). The fourth-order valence-corrected chi connectivity index (χ4v) is 4.68. The topological polar surface area (TPSA) is 75.7 Å². The lowest BCUT2D eigenvalue weighted by atomic mass is 10.3. The van der Waals surface area contributed by atoms with Gasteiger partial charge in [0, 0.05) is 25.9 Å². The van der Waals surface area contributed by atoms with Crippen molar-refractivity contribution in [1.29, 1.82) is 0 Å². The molecule has 9 heteroatoms. The zero-order valence-corrected chi connectivity index (χ0v) is 15.3. The van der Waals surface area contributed by atoms with Crippen LogP contribution in [-0.2, 0) is 19.6 Å². The first-order chi connectivity index (χ1) is 11.9. The first-order valence-corrected chi connectivity index (χ1v) is 9.83. The van der Waals surface area contributed by atoms with E-state index in [2.05, 4.69) is 5.32 Å². The summed E-state index contributed by atoms with van der Waals surface area (Å²) in [5, 5.41) is 4.23. The Morgan fingerprint density at radius 2 is 2.00 bits per heavy atom. The van der Waals surface area contributed by atoms with E-state index in [-0.39, 0.29) is 17.3 Å². The van der Waals surface area contributed by atoms with Gasteiger partial charge in [-0.3, -0.25) is 4.79 Å². The van der Waals surface area contributed by atoms with Crippen LogP contribution < -0.4 is 5.32 Å². The lowest BCUT2D eigenvalue weighted by Crippen LogP contribution is -2.38. The third kappa shape index (κ3) is 5.60. The molecule has 2 rings (SSSR count). The van der Waals surface area contributed by atoms with Crippen LogP contribution >= 0.6 is 11.3 Å². The highest BCUT2D eigenvalue weighted by atomic mass is 32.2. The summed E-state index contributed by atoms with van der Waals surface area (Å²) in [7, 11) is -2.23. The first-order valence-electron chi connectivity index (χ1n) is 7.51. The van der Waals surface area contributed by atoms with E-state index in [1.807, 2.05) is 0 Å². The van der Waals surface area contributed by atoms with Gasteiger partial charge in [-0.25, -0.2) is 12.8 Å². The number of carbonyl (C=O) groups excluding carboxylic acids is 1. The van der Waals surface area contributed by atoms with Crippen molar-refractivity contribution < 1.29 is 22.3 Å². The van der Waals surface area contributed by atoms with Gasteiger partial charge in [-0.05, 0) is 42.1 Å². The van der Waals surface area contributed by atoms with Crippen LogP contribution in [0, 0.1) is 5.82 Å². The molecule has 25 heavy (non-hydrogen) atoms. The van der Waals surface area contributed by atoms with Crippen LogP contribution in [0.3, 0.4) is 0 Å². The average Bonchev–Trinajstić information content (AvgIpc) is 3.11. The van der Waals surface area contributed by atoms with Crippen molar-refractivity contribution in [2.45, 2.75) is 10.6 Å². The molecule has 0 saturated carbocycles. The largest absolute Gasteiger partial charge is 0.385 e. The molecule has 2 aromatic rings. The summed E-state index contributed by atoms with van der Waals surface area (Å²) >= 11 is 1.10. The lowest BCUT2D eigenvalue weighted by Gasteiger charge is -2.20. The highest BCUT2D eigenvalue weighted by Crippen LogP contribution is 2.21. The Hall–Kier alpha value is -1.81. The van der Waals surface area contributed by atoms with Crippen molar-refractivity contribution in [1.82, 2.24) is 4.31 Å². The van der Waals surface area contributed by atoms with E-state index in [0.29, 0.717) is 18.7 Å². The highest BCUT2D eigenvalue weighted by molar-refractivity contribution is 7.91. The van der Waals surface area contributed by atoms with Gasteiger partial charge in [-0.1, -0.05) is 6.07 Å². The third-order valence-electron chi connectivity index (χ3n) is 3.29. The van der Waals surface area contributed by atoms with Crippen LogP contribution in [0.15, 0.2) is 46.0 Å². The van der Waals surface area contributed by atoms with E-state index in [0.717, 1.165) is 15.6 Å². The molecular formula is C16H19FN2O4S2. The zero-order chi connectivity index (χ0) is 18.3. The molecule has 0 unspecified atom stereocenters. The van der Waals surface area contributed by atoms with Crippen LogP contribution in [0.5, 0.6) is 0 Å². The van der Waals surface area contributed by atoms with Gasteiger partial charge in [0.2, 0.25) is 5.91 Å². The van der Waals surface area contributed by atoms with Crippen LogP contribution in [0.2, 0.25) is 0 Å². The number of amides is 1. The van der Waals surface area contributed by atoms with Gasteiger partial charge < -0.3 is 10.1 Å². The number of ether oxygens (including phenoxy) is 1. The maximum Gasteiger partial charge on any atom is 0.253 e. The molecule has 0 aliphatic rings. The molecule has 0 aliphatic heterocycles. The molecule has 0 spiro atoms. The Labute approximate surface area is 150 Å². The summed E-state index contributed by atoms with van der Waals surface area (Å²) in [4.78, 5) is 12.2. The van der Waals surface area contributed by atoms with Crippen LogP contribution in [0.1, 0.15) is 6.42 Å². The van der Waals surface area contributed by atoms with Gasteiger partial charge in [-0.2, -0.15) is 4.31 Å². The van der Waals surface area contributed by atoms with Crippen molar-refractivity contribution in [3.05, 3.63) is 47.6 Å². The Morgan fingerprint density at radius 1 is 1.28 bits per heavy atom. The molecule has 1 aromatic carbocycles. The Kier molecular flexibility index (Phi) is 7.06. The number of carbonyl (C=O) groups is 1. The molecule has 1 heterocycles. The van der Waals surface area contributed by atoms with Crippen molar-refractivity contribution in [3.63, 3.8) is 0 Å². The van der Waals surface area contributed by atoms with E-state index in [9.17, 15) is 17.6 Å². The molecule has 0 aliphatic carbocycles. The number of thiophene rings is 1. The Balaban J connectivity index is 2.09. The normalized spacial score (nSPS) is 11.6. The molecular weight excluding hydrogens is 367 g/mol. The molecule has 136 valence electrons. The summed E-state index contributed by atoms with van der Waals surface area (Å²) in [5.74, 6) is -0.913. The lowest BCUT2D eigenvalue weighted by molar-refractivity contribution is -0.116. The smallest absolute Gasteiger partial charge is 0.253 e. The second-order valence-corrected chi connectivity index (χ2v) is 8.28. The summed E-state index contributed by atoms with van der Waals surface area (Å²) in [6, 6.07) is 8.40. The second kappa shape index (κ2) is 9.04. The molecule has 1 aromatic heterocycles. The van der Waals surface area contributed by atoms with E-state index in [1.165, 1.54) is 37.4 Å². The number of hydrogen-bond acceptors (Lipinski definition) is 5. The van der Waals surface area contributed by atoms with Crippen molar-refractivity contribution >= 4 is 33.0 Å². The highest BCUT2D eigenvalue weighted by Gasteiger charge is 2.27. The number of sulfonamides is 1. The fourth-order valence-electron chi connectivity index (χ4n) is 2.10. The third-order valence-corrected chi connectivity index (χ3v) is 6.51. The number of anilines is 1. The number of nitrogens with one attached hydrogen (secondary N) is 1. The quantitative estimate of drug-likeness (QED) is 0.672. The Morgan fingerprint density at radius 3 is 2.60 bits per heavy atom. The van der Waals surface area contributed by atoms with Crippen molar-refractivity contribution in [2.24, 2.45) is 0 Å². The predicted octanol–water partition coefficient (Wildman–Crippen LogP) is 2.55. The Bertz CT molecular complexity index is 777. The molecule has 0 bridgehead atoms. The molecule has 0 saturated heterocycles. The van der Waals surface area contributed by atoms with Gasteiger partial charge >= 0.3 is 0 Å². The first kappa shape index (κ1) is 19.5. The van der Waals surface area contributed by atoms with Gasteiger partial charge in [0.1, 0.15) is 10.0 Å². The predicted molar refractivity (Wildman–Crippen MR) is 94.6 cm³/mol. The molecule has 1 amide bonds. The van der Waals surface area contributed by atoms with Gasteiger partial charge in [0.05, 0.1) is 6.54 Å². The minimum Gasteiger partial charge on any atom is -0.385 e. The molecule has 6 nitrogen and oxygen atoms in total. The number of hydrogen-bond donors (Lipinski definition) is 1. The SMILES string of the molecule is COCCCN(CC(=O)Nc1ccc(F)cc1)S(=O)(=O)c1cccs1. The number of nitrogens with zero attached hydrogens (tertiary/aromatic N) is 1. The maximum atomic E-state index is 12.9. The van der Waals surface area contributed by atoms with E-state index >= 15 is 0 Å². The molecule has 0 atom stereocenters. The van der Waals surface area contributed by atoms with E-state index in [1.54, 1.807) is 11.4 Å². The number of methoxy groups -OCH3 is 1. The minimum atomic E-state index is -3.76. The summed E-state index contributed by atoms with van der Waals surface area (Å²) in [5.41, 5.74) is 0.400. The zero-order valence-electron chi connectivity index (χ0n) is 13.6. The molecule has 1 N–H and O–H groups in total.